The second-order valence-electron chi connectivity index (χ2n) is 5.30. The number of benzene rings is 2. The van der Waals surface area contributed by atoms with Gasteiger partial charge >= 0.3 is 0 Å². The molecule has 0 saturated heterocycles. The summed E-state index contributed by atoms with van der Waals surface area (Å²) < 4.78 is 11.5. The Morgan fingerprint density at radius 1 is 0.962 bits per heavy atom. The van der Waals surface area contributed by atoms with Crippen molar-refractivity contribution in [1.82, 2.24) is 0 Å². The van der Waals surface area contributed by atoms with Crippen LogP contribution >= 0.6 is 15.9 Å². The van der Waals surface area contributed by atoms with Crippen LogP contribution in [0.3, 0.4) is 0 Å². The number of furan rings is 1. The number of carbonyl (C=O) groups excluding carboxylic acids is 2. The van der Waals surface area contributed by atoms with Crippen LogP contribution in [0.2, 0.25) is 0 Å². The summed E-state index contributed by atoms with van der Waals surface area (Å²) in [6, 6.07) is 17.2. The second kappa shape index (κ2) is 8.35. The Balaban J connectivity index is 1.54. The predicted molar refractivity (Wildman–Crippen MR) is 101 cm³/mol. The number of anilines is 2. The largest absolute Gasteiger partial charge is 0.484 e. The van der Waals surface area contributed by atoms with Gasteiger partial charge in [0, 0.05) is 21.9 Å². The molecule has 0 aliphatic rings. The summed E-state index contributed by atoms with van der Waals surface area (Å²) in [6.07, 6.45) is 1.43. The highest BCUT2D eigenvalue weighted by Gasteiger charge is 2.09. The first kappa shape index (κ1) is 17.8. The topological polar surface area (TPSA) is 80.6 Å². The van der Waals surface area contributed by atoms with Crippen molar-refractivity contribution in [3.05, 3.63) is 77.2 Å². The number of hydrogen-bond donors (Lipinski definition) is 2. The fraction of sp³-hybridized carbons (Fsp3) is 0.0526. The van der Waals surface area contributed by atoms with Crippen molar-refractivity contribution in [2.45, 2.75) is 0 Å². The summed E-state index contributed by atoms with van der Waals surface area (Å²) in [5, 5.41) is 5.44. The molecule has 3 rings (SSSR count). The molecule has 0 radical (unpaired) electrons. The van der Waals surface area contributed by atoms with Crippen molar-refractivity contribution >= 4 is 39.1 Å². The van der Waals surface area contributed by atoms with Crippen LogP contribution in [-0.4, -0.2) is 18.4 Å². The second-order valence-corrected chi connectivity index (χ2v) is 6.22. The molecule has 0 unspecified atom stereocenters. The third-order valence-corrected chi connectivity index (χ3v) is 3.86. The minimum absolute atomic E-state index is 0.147. The predicted octanol–water partition coefficient (Wildman–Crippen LogP) is 4.31. The Morgan fingerprint density at radius 2 is 1.77 bits per heavy atom. The first-order valence-corrected chi connectivity index (χ1v) is 8.52. The Morgan fingerprint density at radius 3 is 2.50 bits per heavy atom. The number of nitrogens with one attached hydrogen (secondary N) is 2. The Hall–Kier alpha value is -3.06. The van der Waals surface area contributed by atoms with Crippen molar-refractivity contribution in [3.63, 3.8) is 0 Å². The van der Waals surface area contributed by atoms with Gasteiger partial charge in [0.1, 0.15) is 5.75 Å². The van der Waals surface area contributed by atoms with Gasteiger partial charge < -0.3 is 19.8 Å². The van der Waals surface area contributed by atoms with Crippen LogP contribution in [0, 0.1) is 0 Å². The number of carbonyl (C=O) groups is 2. The molecule has 0 aliphatic carbocycles. The fourth-order valence-electron chi connectivity index (χ4n) is 2.14. The average molecular weight is 415 g/mol. The molecule has 7 heteroatoms. The lowest BCUT2D eigenvalue weighted by Gasteiger charge is -2.09. The molecule has 0 spiro atoms. The van der Waals surface area contributed by atoms with Gasteiger partial charge in [-0.25, -0.2) is 0 Å². The van der Waals surface area contributed by atoms with Crippen LogP contribution in [0.4, 0.5) is 11.4 Å². The van der Waals surface area contributed by atoms with E-state index in [2.05, 4.69) is 26.6 Å². The van der Waals surface area contributed by atoms with Gasteiger partial charge in [0.05, 0.1) is 6.26 Å². The zero-order chi connectivity index (χ0) is 18.4. The summed E-state index contributed by atoms with van der Waals surface area (Å²) in [7, 11) is 0. The Kier molecular flexibility index (Phi) is 5.70. The first-order chi connectivity index (χ1) is 12.6. The monoisotopic (exact) mass is 414 g/mol. The molecule has 132 valence electrons. The molecule has 2 aromatic carbocycles. The molecular weight excluding hydrogens is 400 g/mol. The minimum Gasteiger partial charge on any atom is -0.484 e. The molecule has 0 atom stereocenters. The zero-order valence-corrected chi connectivity index (χ0v) is 15.2. The van der Waals surface area contributed by atoms with E-state index in [0.717, 1.165) is 4.47 Å². The Bertz CT molecular complexity index is 892. The summed E-state index contributed by atoms with van der Waals surface area (Å²) in [5.41, 5.74) is 1.22. The van der Waals surface area contributed by atoms with Gasteiger partial charge in [0.2, 0.25) is 0 Å². The van der Waals surface area contributed by atoms with Crippen molar-refractivity contribution in [2.24, 2.45) is 0 Å². The van der Waals surface area contributed by atoms with Gasteiger partial charge in [-0.05, 0) is 48.5 Å². The van der Waals surface area contributed by atoms with E-state index in [1.807, 2.05) is 12.1 Å². The van der Waals surface area contributed by atoms with E-state index in [1.165, 1.54) is 6.26 Å². The lowest BCUT2D eigenvalue weighted by Crippen LogP contribution is -2.20. The highest BCUT2D eigenvalue weighted by atomic mass is 79.9. The molecule has 1 aromatic heterocycles. The van der Waals surface area contributed by atoms with Crippen LogP contribution in [0.5, 0.6) is 5.75 Å². The third kappa shape index (κ3) is 4.97. The molecule has 0 fully saturated rings. The number of halogens is 1. The maximum Gasteiger partial charge on any atom is 0.291 e. The smallest absolute Gasteiger partial charge is 0.291 e. The first-order valence-electron chi connectivity index (χ1n) is 7.73. The van der Waals surface area contributed by atoms with E-state index >= 15 is 0 Å². The summed E-state index contributed by atoms with van der Waals surface area (Å²) in [4.78, 5) is 23.9. The van der Waals surface area contributed by atoms with E-state index in [0.29, 0.717) is 17.1 Å². The van der Waals surface area contributed by atoms with Crippen molar-refractivity contribution in [3.8, 4) is 5.75 Å². The quantitative estimate of drug-likeness (QED) is 0.629. The summed E-state index contributed by atoms with van der Waals surface area (Å²) in [5.74, 6) is 0.0378. The molecular formula is C19H15BrN2O4. The fourth-order valence-corrected chi connectivity index (χ4v) is 2.41. The van der Waals surface area contributed by atoms with Crippen molar-refractivity contribution in [2.75, 3.05) is 17.2 Å². The SMILES string of the molecule is O=C(COc1cccc(NC(=O)c2ccco2)c1)Nc1ccc(Br)cc1. The highest BCUT2D eigenvalue weighted by molar-refractivity contribution is 9.10. The average Bonchev–Trinajstić information content (AvgIpc) is 3.17. The maximum atomic E-state index is 12.0. The van der Waals surface area contributed by atoms with E-state index in [9.17, 15) is 9.59 Å². The van der Waals surface area contributed by atoms with Gasteiger partial charge in [-0.3, -0.25) is 9.59 Å². The Labute approximate surface area is 158 Å². The minimum atomic E-state index is -0.361. The van der Waals surface area contributed by atoms with Gasteiger partial charge in [0.15, 0.2) is 12.4 Å². The van der Waals surface area contributed by atoms with E-state index in [4.69, 9.17) is 9.15 Å². The van der Waals surface area contributed by atoms with Crippen molar-refractivity contribution in [1.29, 1.82) is 0 Å². The molecule has 26 heavy (non-hydrogen) atoms. The van der Waals surface area contributed by atoms with Crippen molar-refractivity contribution < 1.29 is 18.7 Å². The molecule has 6 nitrogen and oxygen atoms in total. The standard InChI is InChI=1S/C19H15BrN2O4/c20-13-6-8-14(9-7-13)21-18(23)12-26-16-4-1-3-15(11-16)22-19(24)17-5-2-10-25-17/h1-11H,12H2,(H,21,23)(H,22,24). The summed E-state index contributed by atoms with van der Waals surface area (Å²) >= 11 is 3.34. The number of ether oxygens (including phenoxy) is 1. The van der Waals surface area contributed by atoms with Gasteiger partial charge in [-0.15, -0.1) is 0 Å². The normalized spacial score (nSPS) is 10.2. The lowest BCUT2D eigenvalue weighted by atomic mass is 10.3. The highest BCUT2D eigenvalue weighted by Crippen LogP contribution is 2.19. The third-order valence-electron chi connectivity index (χ3n) is 3.33. The van der Waals surface area contributed by atoms with Gasteiger partial charge in [0.25, 0.3) is 11.8 Å². The molecule has 0 bridgehead atoms. The molecule has 3 aromatic rings. The van der Waals surface area contributed by atoms with E-state index < -0.39 is 0 Å². The van der Waals surface area contributed by atoms with Crippen LogP contribution in [0.15, 0.2) is 75.8 Å². The zero-order valence-electron chi connectivity index (χ0n) is 13.6. The molecule has 2 amide bonds. The maximum absolute atomic E-state index is 12.0. The van der Waals surface area contributed by atoms with E-state index in [1.54, 1.807) is 48.5 Å². The number of rotatable bonds is 6. The number of hydrogen-bond acceptors (Lipinski definition) is 4. The van der Waals surface area contributed by atoms with Crippen LogP contribution < -0.4 is 15.4 Å². The molecule has 2 N–H and O–H groups in total. The molecule has 1 heterocycles. The van der Waals surface area contributed by atoms with E-state index in [-0.39, 0.29) is 24.2 Å². The lowest BCUT2D eigenvalue weighted by molar-refractivity contribution is -0.118. The van der Waals surface area contributed by atoms with Crippen LogP contribution in [0.25, 0.3) is 0 Å². The van der Waals surface area contributed by atoms with Gasteiger partial charge in [-0.1, -0.05) is 22.0 Å². The summed E-state index contributed by atoms with van der Waals surface area (Å²) in [6.45, 7) is -0.147. The molecule has 0 saturated carbocycles. The van der Waals surface area contributed by atoms with Crippen LogP contribution in [0.1, 0.15) is 10.6 Å². The van der Waals surface area contributed by atoms with Gasteiger partial charge in [-0.2, -0.15) is 0 Å². The number of amides is 2. The molecule has 0 aliphatic heterocycles. The van der Waals surface area contributed by atoms with Crippen LogP contribution in [-0.2, 0) is 4.79 Å².